The molecule has 2 aromatic rings. The summed E-state index contributed by atoms with van der Waals surface area (Å²) in [7, 11) is 0. The molecular weight excluding hydrogens is 356 g/mol. The zero-order valence-corrected chi connectivity index (χ0v) is 13.3. The lowest BCUT2D eigenvalue weighted by molar-refractivity contribution is -0.385. The molecule has 0 atom stereocenters. The highest BCUT2D eigenvalue weighted by Crippen LogP contribution is 2.37. The summed E-state index contributed by atoms with van der Waals surface area (Å²) < 4.78 is 0. The molecule has 0 unspecified atom stereocenters. The number of imide groups is 1. The second kappa shape index (κ2) is 5.99. The van der Waals surface area contributed by atoms with E-state index in [0.717, 1.165) is 12.1 Å². The zero-order valence-electron chi connectivity index (χ0n) is 11.7. The van der Waals surface area contributed by atoms with Crippen molar-refractivity contribution in [2.75, 3.05) is 0 Å². The molecule has 3 rings (SSSR count). The number of rotatable bonds is 4. The number of nitrogens with zero attached hydrogens (tertiary/aromatic N) is 1. The number of hydrogen-bond donors (Lipinski definition) is 1. The fraction of sp³-hybridized carbons (Fsp3) is 0. The van der Waals surface area contributed by atoms with Crippen molar-refractivity contribution in [2.24, 2.45) is 0 Å². The van der Waals surface area contributed by atoms with E-state index in [0.29, 0.717) is 11.2 Å². The van der Waals surface area contributed by atoms with Crippen LogP contribution in [0.25, 0.3) is 10.6 Å². The number of nitro groups is 1. The van der Waals surface area contributed by atoms with Crippen LogP contribution in [0.15, 0.2) is 29.6 Å². The lowest BCUT2D eigenvalue weighted by atomic mass is 9.98. The van der Waals surface area contributed by atoms with Crippen molar-refractivity contribution in [3.05, 3.63) is 61.3 Å². The van der Waals surface area contributed by atoms with Crippen LogP contribution in [0.1, 0.15) is 31.2 Å². The minimum atomic E-state index is -0.728. The molecule has 1 aliphatic rings. The maximum Gasteiger partial charge on any atom is 0.278 e. The van der Waals surface area contributed by atoms with E-state index in [9.17, 15) is 24.5 Å². The van der Waals surface area contributed by atoms with Gasteiger partial charge in [0.05, 0.1) is 26.6 Å². The van der Waals surface area contributed by atoms with Crippen LogP contribution in [0.5, 0.6) is 0 Å². The lowest BCUT2D eigenvalue weighted by Gasteiger charge is -2.07. The van der Waals surface area contributed by atoms with E-state index in [2.05, 4.69) is 5.32 Å². The van der Waals surface area contributed by atoms with Crippen molar-refractivity contribution in [3.8, 4) is 0 Å². The highest BCUT2D eigenvalue weighted by Gasteiger charge is 2.32. The fourth-order valence-corrected chi connectivity index (χ4v) is 3.36. The summed E-state index contributed by atoms with van der Waals surface area (Å²) in [5, 5.41) is 15.2. The Balaban J connectivity index is 2.30. The van der Waals surface area contributed by atoms with Crippen LogP contribution in [0.2, 0.25) is 0 Å². The molecule has 0 spiro atoms. The van der Waals surface area contributed by atoms with E-state index in [4.69, 9.17) is 11.6 Å². The number of thiophene rings is 1. The van der Waals surface area contributed by atoms with Crippen molar-refractivity contribution in [2.45, 2.75) is 0 Å². The summed E-state index contributed by atoms with van der Waals surface area (Å²) in [6.45, 7) is 0. The maximum absolute atomic E-state index is 11.8. The highest BCUT2D eigenvalue weighted by atomic mass is 35.5. The predicted octanol–water partition coefficient (Wildman–Crippen LogP) is 2.85. The number of hydrogen-bond acceptors (Lipinski definition) is 6. The third kappa shape index (κ3) is 2.51. The number of fused-ring (bicyclic) bond motifs is 1. The van der Waals surface area contributed by atoms with Crippen LogP contribution in [0.3, 0.4) is 0 Å². The molecule has 1 N–H and O–H groups in total. The molecule has 1 aromatic heterocycles. The minimum Gasteiger partial charge on any atom is -0.298 e. The van der Waals surface area contributed by atoms with Crippen molar-refractivity contribution >= 4 is 57.3 Å². The molecule has 0 saturated carbocycles. The first-order valence-electron chi connectivity index (χ1n) is 6.51. The molecule has 0 aliphatic carbocycles. The molecule has 24 heavy (non-hydrogen) atoms. The van der Waals surface area contributed by atoms with Gasteiger partial charge in [0.2, 0.25) is 0 Å². The van der Waals surface area contributed by atoms with E-state index >= 15 is 0 Å². The Bertz CT molecular complexity index is 934. The fourth-order valence-electron chi connectivity index (χ4n) is 2.34. The Morgan fingerprint density at radius 1 is 1.25 bits per heavy atom. The number of amides is 2. The van der Waals surface area contributed by atoms with Gasteiger partial charge in [0.25, 0.3) is 17.5 Å². The van der Waals surface area contributed by atoms with E-state index in [1.54, 1.807) is 17.5 Å². The summed E-state index contributed by atoms with van der Waals surface area (Å²) in [6.07, 6.45) is 0.394. The third-order valence-electron chi connectivity index (χ3n) is 3.43. The largest absolute Gasteiger partial charge is 0.298 e. The molecule has 120 valence electrons. The van der Waals surface area contributed by atoms with Crippen LogP contribution in [0, 0.1) is 10.1 Å². The molecule has 0 fully saturated rings. The maximum atomic E-state index is 11.8. The Kier molecular flexibility index (Phi) is 4.00. The average molecular weight is 363 g/mol. The molecule has 9 heteroatoms. The average Bonchev–Trinajstić information content (AvgIpc) is 3.16. The number of allylic oxidation sites excluding steroid dienone is 1. The van der Waals surface area contributed by atoms with Crippen LogP contribution in [0.4, 0.5) is 5.69 Å². The summed E-state index contributed by atoms with van der Waals surface area (Å²) in [5.41, 5.74) is -0.850. The number of nitro benzene ring substituents is 1. The normalized spacial score (nSPS) is 14.0. The molecule has 1 aromatic carbocycles. The molecule has 7 nitrogen and oxygen atoms in total. The van der Waals surface area contributed by atoms with E-state index < -0.39 is 22.4 Å². The minimum absolute atomic E-state index is 0.0319. The van der Waals surface area contributed by atoms with Gasteiger partial charge in [-0.25, -0.2) is 0 Å². The molecule has 2 heterocycles. The molecule has 1 aliphatic heterocycles. The van der Waals surface area contributed by atoms with E-state index in [1.807, 2.05) is 0 Å². The Morgan fingerprint density at radius 2 is 1.92 bits per heavy atom. The van der Waals surface area contributed by atoms with Crippen molar-refractivity contribution in [1.82, 2.24) is 5.32 Å². The van der Waals surface area contributed by atoms with Gasteiger partial charge in [-0.05, 0) is 17.5 Å². The number of halogens is 1. The van der Waals surface area contributed by atoms with Crippen LogP contribution >= 0.6 is 22.9 Å². The standard InChI is InChI=1S/C15H7ClN2O5S/c16-13(12-2-1-3-24-12)10(6-19)7-4-8-9(5-11(7)18(22)23)15(21)17-14(8)20/h1-6H,(H,17,20,21)/b13-10-. The monoisotopic (exact) mass is 362 g/mol. The first-order chi connectivity index (χ1) is 11.4. The molecule has 2 amide bonds. The van der Waals surface area contributed by atoms with Crippen molar-refractivity contribution in [1.29, 1.82) is 0 Å². The van der Waals surface area contributed by atoms with Gasteiger partial charge in [-0.1, -0.05) is 17.7 Å². The van der Waals surface area contributed by atoms with Crippen LogP contribution in [-0.4, -0.2) is 23.0 Å². The quantitative estimate of drug-likeness (QED) is 0.296. The van der Waals surface area contributed by atoms with Crippen LogP contribution in [-0.2, 0) is 4.79 Å². The zero-order chi connectivity index (χ0) is 17.4. The molecule has 0 radical (unpaired) electrons. The second-order valence-electron chi connectivity index (χ2n) is 4.78. The third-order valence-corrected chi connectivity index (χ3v) is 4.84. The Hall–Kier alpha value is -2.84. The summed E-state index contributed by atoms with van der Waals surface area (Å²) in [5.74, 6) is -1.39. The van der Waals surface area contributed by atoms with Crippen molar-refractivity contribution in [3.63, 3.8) is 0 Å². The van der Waals surface area contributed by atoms with Gasteiger partial charge >= 0.3 is 0 Å². The second-order valence-corrected chi connectivity index (χ2v) is 6.10. The van der Waals surface area contributed by atoms with Crippen LogP contribution < -0.4 is 5.32 Å². The van der Waals surface area contributed by atoms with E-state index in [1.165, 1.54) is 11.3 Å². The van der Waals surface area contributed by atoms with E-state index in [-0.39, 0.29) is 27.3 Å². The highest BCUT2D eigenvalue weighted by molar-refractivity contribution is 7.12. The predicted molar refractivity (Wildman–Crippen MR) is 87.9 cm³/mol. The number of carbonyl (C=O) groups excluding carboxylic acids is 3. The summed E-state index contributed by atoms with van der Waals surface area (Å²) >= 11 is 7.47. The molecular formula is C15H7ClN2O5S. The van der Waals surface area contributed by atoms with Gasteiger partial charge in [0.15, 0.2) is 6.29 Å². The van der Waals surface area contributed by atoms with Crippen molar-refractivity contribution < 1.29 is 19.3 Å². The smallest absolute Gasteiger partial charge is 0.278 e. The number of carbonyl (C=O) groups is 3. The first kappa shape index (κ1) is 16.0. The van der Waals surface area contributed by atoms with Gasteiger partial charge in [-0.15, -0.1) is 11.3 Å². The Labute approximate surface area is 143 Å². The summed E-state index contributed by atoms with van der Waals surface area (Å²) in [6, 6.07) is 5.50. The molecule has 0 bridgehead atoms. The van der Waals surface area contributed by atoms with Gasteiger partial charge in [0.1, 0.15) is 0 Å². The number of aldehydes is 1. The SMILES string of the molecule is O=C/C(=C(/Cl)c1cccs1)c1cc2c(cc1[N+](=O)[O-])C(=O)NC2=O. The molecule has 0 saturated heterocycles. The number of nitrogens with one attached hydrogen (secondary N) is 1. The Morgan fingerprint density at radius 3 is 2.46 bits per heavy atom. The van der Waals surface area contributed by atoms with Gasteiger partial charge < -0.3 is 0 Å². The van der Waals surface area contributed by atoms with Gasteiger partial charge in [-0.2, -0.15) is 0 Å². The summed E-state index contributed by atoms with van der Waals surface area (Å²) in [4.78, 5) is 46.1. The number of benzene rings is 1. The van der Waals surface area contributed by atoms with Gasteiger partial charge in [0, 0.05) is 16.5 Å². The lowest BCUT2D eigenvalue weighted by Crippen LogP contribution is -2.19. The van der Waals surface area contributed by atoms with Gasteiger partial charge in [-0.3, -0.25) is 29.8 Å². The first-order valence-corrected chi connectivity index (χ1v) is 7.77. The topological polar surface area (TPSA) is 106 Å².